The number of hydrogen-bond acceptors (Lipinski definition) is 6. The first-order valence-electron chi connectivity index (χ1n) is 12.1. The molecule has 6 nitrogen and oxygen atoms in total. The number of nitrogens with zero attached hydrogens (tertiary/aromatic N) is 4. The lowest BCUT2D eigenvalue weighted by molar-refractivity contribution is 0.258. The molecule has 4 rings (SSSR count). The van der Waals surface area contributed by atoms with Gasteiger partial charge in [-0.3, -0.25) is 9.80 Å². The van der Waals surface area contributed by atoms with E-state index in [-0.39, 0.29) is 50.9 Å². The lowest BCUT2D eigenvalue weighted by Gasteiger charge is -2.36. The minimum Gasteiger partial charge on any atom is -0.508 e. The summed E-state index contributed by atoms with van der Waals surface area (Å²) in [4.78, 5) is 9.78. The summed E-state index contributed by atoms with van der Waals surface area (Å²) in [6, 6.07) is 15.0. The highest BCUT2D eigenvalue weighted by molar-refractivity contribution is 8.93. The van der Waals surface area contributed by atoms with Crippen LogP contribution in [0.4, 0.5) is 11.4 Å². The van der Waals surface area contributed by atoms with Crippen LogP contribution in [-0.2, 0) is 0 Å². The van der Waals surface area contributed by atoms with E-state index in [1.807, 2.05) is 24.3 Å². The number of halogens is 3. The molecule has 0 radical (unpaired) electrons. The van der Waals surface area contributed by atoms with Crippen LogP contribution >= 0.6 is 50.9 Å². The lowest BCUT2D eigenvalue weighted by atomic mass is 10.2. The summed E-state index contributed by atoms with van der Waals surface area (Å²) in [5.41, 5.74) is 2.43. The number of piperazine rings is 2. The lowest BCUT2D eigenvalue weighted by Crippen LogP contribution is -2.46. The molecule has 0 bridgehead atoms. The van der Waals surface area contributed by atoms with Gasteiger partial charge in [0.2, 0.25) is 0 Å². The van der Waals surface area contributed by atoms with E-state index in [0.717, 1.165) is 52.4 Å². The largest absolute Gasteiger partial charge is 0.508 e. The summed E-state index contributed by atoms with van der Waals surface area (Å²) in [6.45, 7) is 15.8. The topological polar surface area (TPSA) is 53.4 Å². The zero-order chi connectivity index (χ0) is 22.8. The minimum atomic E-state index is 0. The van der Waals surface area contributed by atoms with E-state index in [1.165, 1.54) is 37.3 Å². The van der Waals surface area contributed by atoms with Gasteiger partial charge in [-0.1, -0.05) is 13.8 Å². The molecule has 2 saturated heterocycles. The van der Waals surface area contributed by atoms with Crippen LogP contribution in [-0.4, -0.2) is 85.5 Å². The van der Waals surface area contributed by atoms with Gasteiger partial charge in [0, 0.05) is 63.7 Å². The molecule has 0 aliphatic carbocycles. The van der Waals surface area contributed by atoms with E-state index in [4.69, 9.17) is 0 Å². The summed E-state index contributed by atoms with van der Waals surface area (Å²) in [7, 11) is 0. The zero-order valence-electron chi connectivity index (χ0n) is 21.0. The molecule has 0 spiro atoms. The van der Waals surface area contributed by atoms with Gasteiger partial charge in [0.15, 0.2) is 0 Å². The second-order valence-corrected chi connectivity index (χ2v) is 8.69. The smallest absolute Gasteiger partial charge is 0.115 e. The highest BCUT2D eigenvalue weighted by Crippen LogP contribution is 2.20. The Morgan fingerprint density at radius 1 is 0.514 bits per heavy atom. The Balaban J connectivity index is 0.000000608. The highest BCUT2D eigenvalue weighted by atomic mass is 79.9. The van der Waals surface area contributed by atoms with Crippen molar-refractivity contribution in [1.29, 1.82) is 0 Å². The second-order valence-electron chi connectivity index (χ2n) is 8.69. The number of hydrogen-bond donors (Lipinski definition) is 2. The van der Waals surface area contributed by atoms with Crippen LogP contribution in [0.2, 0.25) is 0 Å². The number of phenolic OH excluding ortho intramolecular Hbond substituents is 2. The number of anilines is 2. The summed E-state index contributed by atoms with van der Waals surface area (Å²) in [5.74, 6) is 0.682. The van der Waals surface area contributed by atoms with Gasteiger partial charge in [-0.05, 0) is 74.5 Å². The average Bonchev–Trinajstić information content (AvgIpc) is 2.82. The van der Waals surface area contributed by atoms with Crippen molar-refractivity contribution in [2.75, 3.05) is 75.2 Å². The third kappa shape index (κ3) is 11.3. The van der Waals surface area contributed by atoms with E-state index in [1.54, 1.807) is 24.3 Å². The van der Waals surface area contributed by atoms with Crippen molar-refractivity contribution in [1.82, 2.24) is 9.80 Å². The molecule has 0 amide bonds. The molecule has 2 N–H and O–H groups in total. The van der Waals surface area contributed by atoms with Crippen LogP contribution < -0.4 is 9.80 Å². The van der Waals surface area contributed by atoms with Gasteiger partial charge in [-0.25, -0.2) is 0 Å². The van der Waals surface area contributed by atoms with E-state index >= 15 is 0 Å². The fraction of sp³-hybridized carbons (Fsp3) is 0.538. The predicted octanol–water partition coefficient (Wildman–Crippen LogP) is 5.58. The Morgan fingerprint density at radius 2 is 0.800 bits per heavy atom. The maximum Gasteiger partial charge on any atom is 0.115 e. The van der Waals surface area contributed by atoms with Crippen molar-refractivity contribution in [3.05, 3.63) is 48.5 Å². The Labute approximate surface area is 243 Å². The Hall–Kier alpha value is -1.00. The number of aromatic hydroxyl groups is 2. The molecule has 2 aliphatic heterocycles. The Kier molecular flexibility index (Phi) is 17.8. The molecule has 0 unspecified atom stereocenters. The SMILES string of the molecule is Br.Br.Br.CCCN1CCN(c2ccc(O)cc2)CC1.CCCN1CCN(c2ccc(O)cc2)CC1. The predicted molar refractivity (Wildman–Crippen MR) is 165 cm³/mol. The van der Waals surface area contributed by atoms with Crippen molar-refractivity contribution in [3.63, 3.8) is 0 Å². The molecular weight excluding hydrogens is 640 g/mol. The maximum atomic E-state index is 9.24. The van der Waals surface area contributed by atoms with Gasteiger partial charge < -0.3 is 20.0 Å². The molecule has 2 aromatic rings. The van der Waals surface area contributed by atoms with Gasteiger partial charge >= 0.3 is 0 Å². The van der Waals surface area contributed by atoms with Crippen molar-refractivity contribution in [2.24, 2.45) is 0 Å². The fourth-order valence-electron chi connectivity index (χ4n) is 4.42. The Morgan fingerprint density at radius 3 is 1.06 bits per heavy atom. The van der Waals surface area contributed by atoms with Crippen LogP contribution in [0.1, 0.15) is 26.7 Å². The van der Waals surface area contributed by atoms with Crippen molar-refractivity contribution >= 4 is 62.3 Å². The quantitative estimate of drug-likeness (QED) is 0.415. The van der Waals surface area contributed by atoms with Gasteiger partial charge in [0.1, 0.15) is 11.5 Å². The Bertz CT molecular complexity index is 713. The summed E-state index contributed by atoms with van der Waals surface area (Å²) in [6.07, 6.45) is 2.47. The van der Waals surface area contributed by atoms with Crippen LogP contribution in [0.3, 0.4) is 0 Å². The third-order valence-corrected chi connectivity index (χ3v) is 6.25. The van der Waals surface area contributed by atoms with Crippen LogP contribution in [0.25, 0.3) is 0 Å². The fourth-order valence-corrected chi connectivity index (χ4v) is 4.42. The second kappa shape index (κ2) is 18.3. The molecule has 200 valence electrons. The molecule has 2 heterocycles. The summed E-state index contributed by atoms with van der Waals surface area (Å²) >= 11 is 0. The van der Waals surface area contributed by atoms with Crippen molar-refractivity contribution in [3.8, 4) is 11.5 Å². The molecular formula is C26H43Br3N4O2. The summed E-state index contributed by atoms with van der Waals surface area (Å²) in [5, 5.41) is 18.5. The van der Waals surface area contributed by atoms with Gasteiger partial charge in [-0.15, -0.1) is 50.9 Å². The molecule has 0 aromatic heterocycles. The van der Waals surface area contributed by atoms with Crippen molar-refractivity contribution in [2.45, 2.75) is 26.7 Å². The summed E-state index contributed by atoms with van der Waals surface area (Å²) < 4.78 is 0. The first kappa shape index (κ1) is 34.0. The van der Waals surface area contributed by atoms with E-state index in [2.05, 4.69) is 33.4 Å². The maximum absolute atomic E-state index is 9.24. The first-order valence-corrected chi connectivity index (χ1v) is 12.1. The molecule has 2 aromatic carbocycles. The van der Waals surface area contributed by atoms with Crippen LogP contribution in [0.15, 0.2) is 48.5 Å². The number of phenols is 2. The van der Waals surface area contributed by atoms with Crippen molar-refractivity contribution < 1.29 is 10.2 Å². The molecule has 9 heteroatoms. The normalized spacial score (nSPS) is 16.2. The van der Waals surface area contributed by atoms with Gasteiger partial charge in [0.25, 0.3) is 0 Å². The molecule has 0 saturated carbocycles. The van der Waals surface area contributed by atoms with Gasteiger partial charge in [-0.2, -0.15) is 0 Å². The minimum absolute atomic E-state index is 0. The third-order valence-electron chi connectivity index (χ3n) is 6.25. The number of rotatable bonds is 6. The number of benzene rings is 2. The van der Waals surface area contributed by atoms with Gasteiger partial charge in [0.05, 0.1) is 0 Å². The molecule has 2 aliphatic rings. The zero-order valence-corrected chi connectivity index (χ0v) is 26.2. The van der Waals surface area contributed by atoms with E-state index < -0.39 is 0 Å². The molecule has 0 atom stereocenters. The first-order chi connectivity index (χ1) is 15.6. The standard InChI is InChI=1S/2C13H20N2O.3BrH/c2*1-2-7-14-8-10-15(11-9-14)12-3-5-13(16)6-4-12;;;/h2*3-6,16H,2,7-11H2,1H3;3*1H. The molecule has 2 fully saturated rings. The monoisotopic (exact) mass is 680 g/mol. The van der Waals surface area contributed by atoms with E-state index in [0.29, 0.717) is 11.5 Å². The van der Waals surface area contributed by atoms with Crippen LogP contribution in [0.5, 0.6) is 11.5 Å². The average molecular weight is 683 g/mol. The highest BCUT2D eigenvalue weighted by Gasteiger charge is 2.17. The van der Waals surface area contributed by atoms with E-state index in [9.17, 15) is 10.2 Å². The molecule has 35 heavy (non-hydrogen) atoms. The van der Waals surface area contributed by atoms with Crippen LogP contribution in [0, 0.1) is 0 Å².